The highest BCUT2D eigenvalue weighted by atomic mass is 16.2. The quantitative estimate of drug-likeness (QED) is 0.553. The molecule has 1 saturated carbocycles. The highest BCUT2D eigenvalue weighted by Crippen LogP contribution is 2.52. The first-order chi connectivity index (χ1) is 9.25. The number of hydrogen-bond acceptors (Lipinski definition) is 2. The van der Waals surface area contributed by atoms with Crippen molar-refractivity contribution in [1.29, 1.82) is 0 Å². The number of carbonyl (C=O) groups excluding carboxylic acids is 2. The predicted octanol–water partition coefficient (Wildman–Crippen LogP) is -0.180. The molecule has 2 heterocycles. The minimum absolute atomic E-state index is 0.0216. The van der Waals surface area contributed by atoms with E-state index in [2.05, 4.69) is 12.2 Å². The summed E-state index contributed by atoms with van der Waals surface area (Å²) >= 11 is 0. The van der Waals surface area contributed by atoms with Gasteiger partial charge in [-0.15, -0.1) is 0 Å². The van der Waals surface area contributed by atoms with E-state index in [1.54, 1.807) is 4.90 Å². The highest BCUT2D eigenvalue weighted by molar-refractivity contribution is 6.06. The number of allylic oxidation sites excluding steroid dienone is 2. The molecule has 0 unspecified atom stereocenters. The van der Waals surface area contributed by atoms with Crippen LogP contribution in [0.2, 0.25) is 0 Å². The average molecular weight is 261 g/mol. The molecule has 4 atom stereocenters. The van der Waals surface area contributed by atoms with Crippen molar-refractivity contribution < 1.29 is 14.5 Å². The van der Waals surface area contributed by atoms with Crippen LogP contribution in [-0.2, 0) is 9.59 Å². The zero-order chi connectivity index (χ0) is 13.0. The second-order valence-electron chi connectivity index (χ2n) is 6.57. The van der Waals surface area contributed by atoms with Crippen LogP contribution < -0.4 is 4.90 Å². The Morgan fingerprint density at radius 1 is 1.00 bits per heavy atom. The molecule has 0 spiro atoms. The number of imide groups is 1. The summed E-state index contributed by atoms with van der Waals surface area (Å²) in [6.45, 7) is 2.83. The summed E-state index contributed by atoms with van der Waals surface area (Å²) in [6, 6.07) is 0. The summed E-state index contributed by atoms with van der Waals surface area (Å²) in [5.41, 5.74) is 0. The number of likely N-dealkylation sites (tertiary alicyclic amines) is 2. The van der Waals surface area contributed by atoms with E-state index in [9.17, 15) is 9.59 Å². The second-order valence-corrected chi connectivity index (χ2v) is 6.57. The normalized spacial score (nSPS) is 41.4. The van der Waals surface area contributed by atoms with Gasteiger partial charge >= 0.3 is 0 Å². The first-order valence-corrected chi connectivity index (χ1v) is 7.63. The van der Waals surface area contributed by atoms with E-state index in [1.807, 2.05) is 0 Å². The van der Waals surface area contributed by atoms with Crippen molar-refractivity contribution in [2.45, 2.75) is 25.7 Å². The molecule has 102 valence electrons. The molecule has 2 saturated heterocycles. The molecular weight excluding hydrogens is 240 g/mol. The third kappa shape index (κ3) is 1.62. The van der Waals surface area contributed by atoms with Crippen molar-refractivity contribution >= 4 is 11.8 Å². The fourth-order valence-corrected chi connectivity index (χ4v) is 4.55. The topological polar surface area (TPSA) is 41.8 Å². The van der Waals surface area contributed by atoms with Gasteiger partial charge in [-0.05, 0) is 37.5 Å². The molecule has 0 radical (unpaired) electrons. The van der Waals surface area contributed by atoms with E-state index < -0.39 is 0 Å². The van der Waals surface area contributed by atoms with Crippen molar-refractivity contribution in [3.05, 3.63) is 12.2 Å². The molecule has 4 rings (SSSR count). The van der Waals surface area contributed by atoms with Crippen molar-refractivity contribution in [2.75, 3.05) is 19.8 Å². The van der Waals surface area contributed by atoms with Crippen molar-refractivity contribution in [3.8, 4) is 0 Å². The Morgan fingerprint density at radius 3 is 2.16 bits per heavy atom. The maximum atomic E-state index is 12.5. The first kappa shape index (κ1) is 11.6. The van der Waals surface area contributed by atoms with Gasteiger partial charge in [-0.2, -0.15) is 0 Å². The highest BCUT2D eigenvalue weighted by Gasteiger charge is 2.59. The number of carbonyl (C=O) groups is 2. The van der Waals surface area contributed by atoms with Crippen molar-refractivity contribution in [2.24, 2.45) is 23.7 Å². The Bertz CT molecular complexity index is 423. The Morgan fingerprint density at radius 2 is 1.58 bits per heavy atom. The Kier molecular flexibility index (Phi) is 2.56. The van der Waals surface area contributed by atoms with Crippen LogP contribution in [-0.4, -0.2) is 36.5 Å². The number of piperidine rings is 1. The van der Waals surface area contributed by atoms with Crippen LogP contribution in [0.15, 0.2) is 12.2 Å². The Labute approximate surface area is 113 Å². The van der Waals surface area contributed by atoms with E-state index in [1.165, 1.54) is 24.2 Å². The van der Waals surface area contributed by atoms with Crippen LogP contribution in [0.4, 0.5) is 0 Å². The van der Waals surface area contributed by atoms with Gasteiger partial charge in [0, 0.05) is 0 Å². The third-order valence-corrected chi connectivity index (χ3v) is 5.50. The van der Waals surface area contributed by atoms with Crippen LogP contribution >= 0.6 is 0 Å². The largest absolute Gasteiger partial charge is 0.317 e. The average Bonchev–Trinajstić information content (AvgIpc) is 3.10. The molecule has 2 aliphatic carbocycles. The molecule has 0 aromatic heterocycles. The van der Waals surface area contributed by atoms with E-state index >= 15 is 0 Å². The minimum Gasteiger partial charge on any atom is -0.317 e. The van der Waals surface area contributed by atoms with Gasteiger partial charge in [0.05, 0.1) is 24.9 Å². The van der Waals surface area contributed by atoms with Gasteiger partial charge in [-0.25, -0.2) is 4.90 Å². The molecular formula is C15H21N2O2+. The zero-order valence-electron chi connectivity index (χ0n) is 11.2. The summed E-state index contributed by atoms with van der Waals surface area (Å²) in [5.74, 6) is 0.869. The number of nitrogens with zero attached hydrogens (tertiary/aromatic N) is 1. The monoisotopic (exact) mass is 261 g/mol. The standard InChI is InChI=1S/C15H20N2O2/c18-14-12-10-4-5-11(8-10)13(12)15(19)17(14)9-16-6-2-1-3-7-16/h4-5,10-13H,1-3,6-9H2/p+1/t10-,11+,12-,13-/m0/s1. The van der Waals surface area contributed by atoms with Crippen LogP contribution in [0.5, 0.6) is 0 Å². The number of nitrogens with one attached hydrogen (secondary N) is 1. The zero-order valence-corrected chi connectivity index (χ0v) is 11.2. The molecule has 4 aliphatic rings. The molecule has 0 aromatic rings. The van der Waals surface area contributed by atoms with Crippen LogP contribution in [0, 0.1) is 23.7 Å². The number of amides is 2. The van der Waals surface area contributed by atoms with E-state index in [0.29, 0.717) is 18.5 Å². The third-order valence-electron chi connectivity index (χ3n) is 5.50. The number of hydrogen-bond donors (Lipinski definition) is 1. The molecule has 2 bridgehead atoms. The maximum absolute atomic E-state index is 12.5. The predicted molar refractivity (Wildman–Crippen MR) is 69.0 cm³/mol. The molecule has 2 amide bonds. The van der Waals surface area contributed by atoms with Crippen molar-refractivity contribution in [3.63, 3.8) is 0 Å². The van der Waals surface area contributed by atoms with Gasteiger partial charge in [-0.3, -0.25) is 9.59 Å². The lowest BCUT2D eigenvalue weighted by Gasteiger charge is -2.27. The van der Waals surface area contributed by atoms with E-state index in [4.69, 9.17) is 0 Å². The fourth-order valence-electron chi connectivity index (χ4n) is 4.55. The van der Waals surface area contributed by atoms with Gasteiger partial charge < -0.3 is 4.90 Å². The van der Waals surface area contributed by atoms with Gasteiger partial charge in [0.1, 0.15) is 0 Å². The first-order valence-electron chi connectivity index (χ1n) is 7.63. The maximum Gasteiger partial charge on any atom is 0.238 e. The Hall–Kier alpha value is -1.16. The summed E-state index contributed by atoms with van der Waals surface area (Å²) in [7, 11) is 0. The summed E-state index contributed by atoms with van der Waals surface area (Å²) < 4.78 is 0. The second kappa shape index (κ2) is 4.17. The molecule has 19 heavy (non-hydrogen) atoms. The van der Waals surface area contributed by atoms with Gasteiger partial charge in [-0.1, -0.05) is 12.2 Å². The number of fused-ring (bicyclic) bond motifs is 5. The lowest BCUT2D eigenvalue weighted by atomic mass is 9.85. The van der Waals surface area contributed by atoms with E-state index in [0.717, 1.165) is 19.5 Å². The van der Waals surface area contributed by atoms with Crippen LogP contribution in [0.1, 0.15) is 25.7 Å². The summed E-state index contributed by atoms with van der Waals surface area (Å²) in [4.78, 5) is 28.0. The van der Waals surface area contributed by atoms with Gasteiger partial charge in [0.25, 0.3) is 0 Å². The summed E-state index contributed by atoms with van der Waals surface area (Å²) in [6.07, 6.45) is 9.10. The minimum atomic E-state index is -0.0216. The SMILES string of the molecule is O=C1[C@@H]2[C@@H](C(=O)N1C[NH+]1CCCCC1)[C@H]1C=C[C@@H]2C1. The number of rotatable bonds is 2. The van der Waals surface area contributed by atoms with Crippen molar-refractivity contribution in [1.82, 2.24) is 4.90 Å². The van der Waals surface area contributed by atoms with Crippen LogP contribution in [0.25, 0.3) is 0 Å². The van der Waals surface area contributed by atoms with Crippen LogP contribution in [0.3, 0.4) is 0 Å². The fraction of sp³-hybridized carbons (Fsp3) is 0.733. The lowest BCUT2D eigenvalue weighted by Crippen LogP contribution is -3.14. The summed E-state index contributed by atoms with van der Waals surface area (Å²) in [5, 5.41) is 0. The molecule has 4 nitrogen and oxygen atoms in total. The molecule has 1 N–H and O–H groups in total. The molecule has 3 fully saturated rings. The molecule has 2 aliphatic heterocycles. The van der Waals surface area contributed by atoms with Gasteiger partial charge in [0.2, 0.25) is 11.8 Å². The molecule has 0 aromatic carbocycles. The van der Waals surface area contributed by atoms with E-state index in [-0.39, 0.29) is 23.7 Å². The number of quaternary nitrogens is 1. The molecule has 4 heteroatoms. The smallest absolute Gasteiger partial charge is 0.238 e. The van der Waals surface area contributed by atoms with Gasteiger partial charge in [0.15, 0.2) is 6.67 Å². The Balaban J connectivity index is 1.52. The lowest BCUT2D eigenvalue weighted by molar-refractivity contribution is -0.912.